The van der Waals surface area contributed by atoms with Crippen molar-refractivity contribution in [2.24, 2.45) is 5.73 Å². The number of amides is 1. The van der Waals surface area contributed by atoms with E-state index < -0.39 is 0 Å². The molecule has 0 aliphatic heterocycles. The van der Waals surface area contributed by atoms with Gasteiger partial charge in [0.05, 0.1) is 12.6 Å². The minimum absolute atomic E-state index is 0.0594. The first-order valence-corrected chi connectivity index (χ1v) is 5.65. The Labute approximate surface area is 92.3 Å². The van der Waals surface area contributed by atoms with Crippen LogP contribution in [0.5, 0.6) is 0 Å². The molecule has 1 amide bonds. The van der Waals surface area contributed by atoms with Crippen molar-refractivity contribution in [3.8, 4) is 0 Å². The number of aliphatic hydroxyl groups is 1. The molecule has 0 radical (unpaired) electrons. The van der Waals surface area contributed by atoms with Crippen LogP contribution >= 0.6 is 11.3 Å². The lowest BCUT2D eigenvalue weighted by molar-refractivity contribution is 0.0910. The molecule has 0 bridgehead atoms. The van der Waals surface area contributed by atoms with Gasteiger partial charge in [-0.3, -0.25) is 4.79 Å². The van der Waals surface area contributed by atoms with E-state index in [1.807, 2.05) is 6.92 Å². The summed E-state index contributed by atoms with van der Waals surface area (Å²) < 4.78 is 0. The molecule has 0 aliphatic carbocycles. The van der Waals surface area contributed by atoms with Crippen LogP contribution in [0.15, 0.2) is 5.38 Å². The molecule has 15 heavy (non-hydrogen) atoms. The molecule has 5 nitrogen and oxygen atoms in total. The number of carbonyl (C=O) groups excluding carboxylic acids is 1. The van der Waals surface area contributed by atoms with Gasteiger partial charge < -0.3 is 16.2 Å². The third kappa shape index (κ3) is 3.26. The first kappa shape index (κ1) is 12.1. The number of thiazole rings is 1. The van der Waals surface area contributed by atoms with Crippen LogP contribution in [0.25, 0.3) is 0 Å². The van der Waals surface area contributed by atoms with Crippen LogP contribution in [0.4, 0.5) is 0 Å². The summed E-state index contributed by atoms with van der Waals surface area (Å²) in [6.07, 6.45) is 0.691. The molecule has 0 aliphatic rings. The first-order chi connectivity index (χ1) is 7.21. The average Bonchev–Trinajstić information content (AvgIpc) is 2.74. The Morgan fingerprint density at radius 2 is 2.53 bits per heavy atom. The zero-order valence-corrected chi connectivity index (χ0v) is 9.38. The van der Waals surface area contributed by atoms with Crippen molar-refractivity contribution >= 4 is 17.2 Å². The summed E-state index contributed by atoms with van der Waals surface area (Å²) in [6, 6.07) is -0.208. The Morgan fingerprint density at radius 1 is 1.80 bits per heavy atom. The number of aromatic nitrogens is 1. The van der Waals surface area contributed by atoms with Gasteiger partial charge in [-0.1, -0.05) is 6.92 Å². The third-order valence-electron chi connectivity index (χ3n) is 2.01. The molecule has 0 spiro atoms. The summed E-state index contributed by atoms with van der Waals surface area (Å²) in [5, 5.41) is 14.0. The minimum atomic E-state index is -0.258. The molecule has 0 saturated carbocycles. The molecule has 0 saturated heterocycles. The average molecular weight is 229 g/mol. The molecule has 1 rings (SSSR count). The molecule has 1 heterocycles. The lowest BCUT2D eigenvalue weighted by Gasteiger charge is -2.12. The fraction of sp³-hybridized carbons (Fsp3) is 0.556. The molecule has 0 aromatic carbocycles. The molecule has 4 N–H and O–H groups in total. The number of rotatable bonds is 5. The summed E-state index contributed by atoms with van der Waals surface area (Å²) in [5.41, 5.74) is 5.76. The van der Waals surface area contributed by atoms with Crippen LogP contribution < -0.4 is 11.1 Å². The predicted octanol–water partition coefficient (Wildman–Crippen LogP) is 0.103. The van der Waals surface area contributed by atoms with E-state index in [4.69, 9.17) is 10.8 Å². The Balaban J connectivity index is 2.60. The van der Waals surface area contributed by atoms with E-state index in [1.165, 1.54) is 11.3 Å². The monoisotopic (exact) mass is 229 g/mol. The summed E-state index contributed by atoms with van der Waals surface area (Å²) in [5.74, 6) is -0.258. The van der Waals surface area contributed by atoms with E-state index in [0.29, 0.717) is 18.7 Å². The SMILES string of the molecule is CCC(CO)NC(=O)c1csc(CN)n1. The number of carbonyl (C=O) groups is 1. The molecular formula is C9H15N3O2S. The van der Waals surface area contributed by atoms with Gasteiger partial charge in [0.15, 0.2) is 0 Å². The van der Waals surface area contributed by atoms with Crippen LogP contribution in [0, 0.1) is 0 Å². The van der Waals surface area contributed by atoms with Gasteiger partial charge in [-0.25, -0.2) is 4.98 Å². The minimum Gasteiger partial charge on any atom is -0.394 e. The standard InChI is InChI=1S/C9H15N3O2S/c1-2-6(4-13)11-9(14)7-5-15-8(3-10)12-7/h5-6,13H,2-4,10H2,1H3,(H,11,14). The summed E-state index contributed by atoms with van der Waals surface area (Å²) in [6.45, 7) is 2.18. The van der Waals surface area contributed by atoms with Crippen molar-refractivity contribution in [2.75, 3.05) is 6.61 Å². The number of nitrogens with one attached hydrogen (secondary N) is 1. The van der Waals surface area contributed by atoms with Crippen molar-refractivity contribution in [3.63, 3.8) is 0 Å². The van der Waals surface area contributed by atoms with E-state index in [0.717, 1.165) is 5.01 Å². The predicted molar refractivity (Wildman–Crippen MR) is 58.6 cm³/mol. The highest BCUT2D eigenvalue weighted by Crippen LogP contribution is 2.08. The van der Waals surface area contributed by atoms with E-state index in [9.17, 15) is 4.79 Å². The van der Waals surface area contributed by atoms with Gasteiger partial charge in [-0.05, 0) is 6.42 Å². The van der Waals surface area contributed by atoms with Crippen molar-refractivity contribution < 1.29 is 9.90 Å². The molecule has 84 valence electrons. The highest BCUT2D eigenvalue weighted by molar-refractivity contribution is 7.09. The Morgan fingerprint density at radius 3 is 3.00 bits per heavy atom. The van der Waals surface area contributed by atoms with E-state index in [-0.39, 0.29) is 18.6 Å². The largest absolute Gasteiger partial charge is 0.394 e. The van der Waals surface area contributed by atoms with Gasteiger partial charge in [0.25, 0.3) is 5.91 Å². The number of hydrogen-bond donors (Lipinski definition) is 3. The van der Waals surface area contributed by atoms with Gasteiger partial charge in [0, 0.05) is 11.9 Å². The molecule has 1 unspecified atom stereocenters. The molecular weight excluding hydrogens is 214 g/mol. The van der Waals surface area contributed by atoms with E-state index in [2.05, 4.69) is 10.3 Å². The summed E-state index contributed by atoms with van der Waals surface area (Å²) >= 11 is 1.36. The van der Waals surface area contributed by atoms with Gasteiger partial charge in [0.2, 0.25) is 0 Å². The quantitative estimate of drug-likeness (QED) is 0.668. The lowest BCUT2D eigenvalue weighted by atomic mass is 10.2. The lowest BCUT2D eigenvalue weighted by Crippen LogP contribution is -2.37. The second-order valence-electron chi connectivity index (χ2n) is 3.09. The fourth-order valence-corrected chi connectivity index (χ4v) is 1.70. The third-order valence-corrected chi connectivity index (χ3v) is 2.88. The topological polar surface area (TPSA) is 88.2 Å². The zero-order chi connectivity index (χ0) is 11.3. The Hall–Kier alpha value is -0.980. The van der Waals surface area contributed by atoms with Crippen LogP contribution in [-0.2, 0) is 6.54 Å². The van der Waals surface area contributed by atoms with Crippen LogP contribution in [0.3, 0.4) is 0 Å². The van der Waals surface area contributed by atoms with Crippen molar-refractivity contribution in [2.45, 2.75) is 25.9 Å². The van der Waals surface area contributed by atoms with E-state index >= 15 is 0 Å². The summed E-state index contributed by atoms with van der Waals surface area (Å²) in [4.78, 5) is 15.6. The first-order valence-electron chi connectivity index (χ1n) is 4.77. The summed E-state index contributed by atoms with van der Waals surface area (Å²) in [7, 11) is 0. The molecule has 1 aromatic rings. The Kier molecular flexibility index (Phi) is 4.67. The van der Waals surface area contributed by atoms with Crippen LogP contribution in [0.1, 0.15) is 28.8 Å². The van der Waals surface area contributed by atoms with Crippen molar-refractivity contribution in [3.05, 3.63) is 16.1 Å². The highest BCUT2D eigenvalue weighted by atomic mass is 32.1. The van der Waals surface area contributed by atoms with Gasteiger partial charge in [0.1, 0.15) is 10.7 Å². The van der Waals surface area contributed by atoms with Gasteiger partial charge in [-0.2, -0.15) is 0 Å². The normalized spacial score (nSPS) is 12.5. The highest BCUT2D eigenvalue weighted by Gasteiger charge is 2.13. The van der Waals surface area contributed by atoms with Gasteiger partial charge >= 0.3 is 0 Å². The molecule has 0 fully saturated rings. The van der Waals surface area contributed by atoms with E-state index in [1.54, 1.807) is 5.38 Å². The van der Waals surface area contributed by atoms with Gasteiger partial charge in [-0.15, -0.1) is 11.3 Å². The second-order valence-corrected chi connectivity index (χ2v) is 4.03. The maximum atomic E-state index is 11.6. The number of aliphatic hydroxyl groups excluding tert-OH is 1. The maximum Gasteiger partial charge on any atom is 0.271 e. The van der Waals surface area contributed by atoms with Crippen LogP contribution in [0.2, 0.25) is 0 Å². The van der Waals surface area contributed by atoms with Crippen LogP contribution in [-0.4, -0.2) is 28.6 Å². The molecule has 1 aromatic heterocycles. The van der Waals surface area contributed by atoms with Crippen molar-refractivity contribution in [1.82, 2.24) is 10.3 Å². The molecule has 1 atom stereocenters. The zero-order valence-electron chi connectivity index (χ0n) is 8.56. The number of nitrogens with zero attached hydrogens (tertiary/aromatic N) is 1. The number of hydrogen-bond acceptors (Lipinski definition) is 5. The second kappa shape index (κ2) is 5.79. The van der Waals surface area contributed by atoms with Crippen molar-refractivity contribution in [1.29, 1.82) is 0 Å². The Bertz CT molecular complexity index is 323. The maximum absolute atomic E-state index is 11.6. The number of nitrogens with two attached hydrogens (primary N) is 1. The fourth-order valence-electron chi connectivity index (χ4n) is 1.05. The smallest absolute Gasteiger partial charge is 0.271 e. The molecule has 6 heteroatoms.